The molecule has 0 aliphatic rings. The van der Waals surface area contributed by atoms with Gasteiger partial charge in [0.05, 0.1) is 0 Å². The molecule has 1 aromatic carbocycles. The van der Waals surface area contributed by atoms with Crippen molar-refractivity contribution in [1.82, 2.24) is 4.98 Å². The molecule has 1 heterocycles. The number of nitrogens with one attached hydrogen (secondary N) is 1. The molecule has 100 valence electrons. The SMILES string of the molecule is N#CCOc1ccc(NC(=O)c2ccnc(Br)c2)cc1. The normalized spacial score (nSPS) is 9.60. The Morgan fingerprint density at radius 2 is 2.10 bits per heavy atom. The van der Waals surface area contributed by atoms with Crippen molar-refractivity contribution in [1.29, 1.82) is 5.26 Å². The van der Waals surface area contributed by atoms with E-state index in [2.05, 4.69) is 26.2 Å². The van der Waals surface area contributed by atoms with E-state index in [-0.39, 0.29) is 12.5 Å². The highest BCUT2D eigenvalue weighted by Crippen LogP contribution is 2.17. The summed E-state index contributed by atoms with van der Waals surface area (Å²) in [6.45, 7) is -0.00323. The van der Waals surface area contributed by atoms with E-state index in [0.717, 1.165) is 0 Å². The van der Waals surface area contributed by atoms with Crippen molar-refractivity contribution in [2.45, 2.75) is 0 Å². The summed E-state index contributed by atoms with van der Waals surface area (Å²) in [4.78, 5) is 16.0. The lowest BCUT2D eigenvalue weighted by molar-refractivity contribution is 0.102. The van der Waals surface area contributed by atoms with Crippen LogP contribution in [0, 0.1) is 11.3 Å². The van der Waals surface area contributed by atoms with Crippen LogP contribution in [0.25, 0.3) is 0 Å². The van der Waals surface area contributed by atoms with Gasteiger partial charge in [0.25, 0.3) is 5.91 Å². The summed E-state index contributed by atoms with van der Waals surface area (Å²) < 4.78 is 5.73. The molecule has 0 fully saturated rings. The molecule has 6 heteroatoms. The molecule has 0 saturated carbocycles. The number of anilines is 1. The zero-order chi connectivity index (χ0) is 14.4. The molecule has 0 aliphatic carbocycles. The van der Waals surface area contributed by atoms with Crippen LogP contribution in [-0.4, -0.2) is 17.5 Å². The van der Waals surface area contributed by atoms with Crippen LogP contribution in [-0.2, 0) is 0 Å². The first-order valence-corrected chi connectivity index (χ1v) is 6.51. The van der Waals surface area contributed by atoms with Gasteiger partial charge in [0.1, 0.15) is 16.4 Å². The van der Waals surface area contributed by atoms with E-state index in [1.807, 2.05) is 6.07 Å². The number of carbonyl (C=O) groups is 1. The number of hydrogen-bond acceptors (Lipinski definition) is 4. The van der Waals surface area contributed by atoms with Gasteiger partial charge in [-0.1, -0.05) is 0 Å². The molecular weight excluding hydrogens is 322 g/mol. The summed E-state index contributed by atoms with van der Waals surface area (Å²) in [5.41, 5.74) is 1.16. The molecule has 0 saturated heterocycles. The molecule has 2 rings (SSSR count). The second-order valence-electron chi connectivity index (χ2n) is 3.79. The predicted octanol–water partition coefficient (Wildman–Crippen LogP) is 3.00. The average molecular weight is 332 g/mol. The predicted molar refractivity (Wildman–Crippen MR) is 77.4 cm³/mol. The lowest BCUT2D eigenvalue weighted by Crippen LogP contribution is -2.11. The van der Waals surface area contributed by atoms with Crippen LogP contribution in [0.2, 0.25) is 0 Å². The Bertz CT molecular complexity index is 650. The molecule has 2 aromatic rings. The molecule has 0 unspecified atom stereocenters. The third-order valence-electron chi connectivity index (χ3n) is 2.40. The van der Waals surface area contributed by atoms with Gasteiger partial charge >= 0.3 is 0 Å². The van der Waals surface area contributed by atoms with E-state index >= 15 is 0 Å². The number of aromatic nitrogens is 1. The van der Waals surface area contributed by atoms with Gasteiger partial charge in [0.2, 0.25) is 0 Å². The molecule has 5 nitrogen and oxygen atoms in total. The van der Waals surface area contributed by atoms with Crippen LogP contribution >= 0.6 is 15.9 Å². The lowest BCUT2D eigenvalue weighted by Gasteiger charge is -2.06. The summed E-state index contributed by atoms with van der Waals surface area (Å²) in [6, 6.07) is 12.0. The first-order valence-electron chi connectivity index (χ1n) is 5.72. The summed E-state index contributed by atoms with van der Waals surface area (Å²) >= 11 is 3.22. The number of rotatable bonds is 4. The maximum Gasteiger partial charge on any atom is 0.255 e. The largest absolute Gasteiger partial charge is 0.479 e. The van der Waals surface area contributed by atoms with Crippen molar-refractivity contribution in [2.75, 3.05) is 11.9 Å². The molecule has 1 amide bonds. The fourth-order valence-electron chi connectivity index (χ4n) is 1.50. The third-order valence-corrected chi connectivity index (χ3v) is 2.84. The fourth-order valence-corrected chi connectivity index (χ4v) is 1.86. The zero-order valence-corrected chi connectivity index (χ0v) is 11.9. The fraction of sp³-hybridized carbons (Fsp3) is 0.0714. The highest BCUT2D eigenvalue weighted by molar-refractivity contribution is 9.10. The number of carbonyl (C=O) groups excluding carboxylic acids is 1. The Labute approximate surface area is 124 Å². The minimum atomic E-state index is -0.223. The van der Waals surface area contributed by atoms with E-state index in [1.165, 1.54) is 0 Å². The molecule has 1 N–H and O–H groups in total. The van der Waals surface area contributed by atoms with E-state index in [4.69, 9.17) is 10.00 Å². The van der Waals surface area contributed by atoms with Gasteiger partial charge in [-0.25, -0.2) is 4.98 Å². The minimum Gasteiger partial charge on any atom is -0.479 e. The van der Waals surface area contributed by atoms with Crippen molar-refractivity contribution in [3.8, 4) is 11.8 Å². The van der Waals surface area contributed by atoms with Crippen LogP contribution in [0.1, 0.15) is 10.4 Å². The zero-order valence-electron chi connectivity index (χ0n) is 10.3. The van der Waals surface area contributed by atoms with E-state index in [9.17, 15) is 4.79 Å². The Hall–Kier alpha value is -2.39. The average Bonchev–Trinajstić information content (AvgIpc) is 2.46. The summed E-state index contributed by atoms with van der Waals surface area (Å²) in [7, 11) is 0. The molecular formula is C14H10BrN3O2. The smallest absolute Gasteiger partial charge is 0.255 e. The highest BCUT2D eigenvalue weighted by Gasteiger charge is 2.06. The highest BCUT2D eigenvalue weighted by atomic mass is 79.9. The Morgan fingerprint density at radius 3 is 2.75 bits per heavy atom. The van der Waals surface area contributed by atoms with Crippen molar-refractivity contribution < 1.29 is 9.53 Å². The number of amides is 1. The topological polar surface area (TPSA) is 75.0 Å². The standard InChI is InChI=1S/C14H10BrN3O2/c15-13-9-10(5-7-17-13)14(19)18-11-1-3-12(4-2-11)20-8-6-16/h1-5,7,9H,8H2,(H,18,19). The molecule has 0 spiro atoms. The van der Waals surface area contributed by atoms with Crippen molar-refractivity contribution >= 4 is 27.5 Å². The van der Waals surface area contributed by atoms with E-state index in [0.29, 0.717) is 21.6 Å². The molecule has 0 radical (unpaired) electrons. The number of nitrogens with zero attached hydrogens (tertiary/aromatic N) is 2. The first kappa shape index (κ1) is 14.0. The van der Waals surface area contributed by atoms with Crippen LogP contribution in [0.15, 0.2) is 47.2 Å². The molecule has 1 aromatic heterocycles. The van der Waals surface area contributed by atoms with Gasteiger partial charge in [-0.3, -0.25) is 4.79 Å². The monoisotopic (exact) mass is 331 g/mol. The van der Waals surface area contributed by atoms with Crippen molar-refractivity contribution in [2.24, 2.45) is 0 Å². The Morgan fingerprint density at radius 1 is 1.35 bits per heavy atom. The summed E-state index contributed by atoms with van der Waals surface area (Å²) in [5, 5.41) is 11.2. The third kappa shape index (κ3) is 3.80. The van der Waals surface area contributed by atoms with Gasteiger partial charge in [-0.15, -0.1) is 0 Å². The van der Waals surface area contributed by atoms with Gasteiger partial charge in [0.15, 0.2) is 6.61 Å². The van der Waals surface area contributed by atoms with Gasteiger partial charge < -0.3 is 10.1 Å². The Balaban J connectivity index is 2.03. The number of nitriles is 1. The van der Waals surface area contributed by atoms with Gasteiger partial charge in [-0.2, -0.15) is 5.26 Å². The number of benzene rings is 1. The number of halogens is 1. The summed E-state index contributed by atoms with van der Waals surface area (Å²) in [5.74, 6) is 0.356. The van der Waals surface area contributed by atoms with E-state index in [1.54, 1.807) is 42.6 Å². The maximum atomic E-state index is 12.0. The minimum absolute atomic E-state index is 0.00323. The second-order valence-corrected chi connectivity index (χ2v) is 4.61. The summed E-state index contributed by atoms with van der Waals surface area (Å²) in [6.07, 6.45) is 1.55. The van der Waals surface area contributed by atoms with E-state index < -0.39 is 0 Å². The van der Waals surface area contributed by atoms with Crippen molar-refractivity contribution in [3.05, 3.63) is 52.8 Å². The van der Waals surface area contributed by atoms with Gasteiger partial charge in [-0.05, 0) is 52.3 Å². The second kappa shape index (κ2) is 6.68. The maximum absolute atomic E-state index is 12.0. The number of hydrogen-bond donors (Lipinski definition) is 1. The van der Waals surface area contributed by atoms with Crippen molar-refractivity contribution in [3.63, 3.8) is 0 Å². The van der Waals surface area contributed by atoms with Crippen LogP contribution < -0.4 is 10.1 Å². The Kier molecular flexibility index (Phi) is 4.69. The lowest BCUT2D eigenvalue weighted by atomic mass is 10.2. The number of pyridine rings is 1. The molecule has 20 heavy (non-hydrogen) atoms. The van der Waals surface area contributed by atoms with Crippen LogP contribution in [0.5, 0.6) is 5.75 Å². The molecule has 0 bridgehead atoms. The molecule has 0 atom stereocenters. The van der Waals surface area contributed by atoms with Gasteiger partial charge in [0, 0.05) is 17.4 Å². The first-order chi connectivity index (χ1) is 9.69. The molecule has 0 aliphatic heterocycles. The quantitative estimate of drug-likeness (QED) is 0.874. The van der Waals surface area contributed by atoms with Crippen LogP contribution in [0.3, 0.4) is 0 Å². The number of ether oxygens (including phenoxy) is 1. The van der Waals surface area contributed by atoms with Crippen LogP contribution in [0.4, 0.5) is 5.69 Å².